The van der Waals surface area contributed by atoms with Crippen LogP contribution in [-0.4, -0.2) is 28.5 Å². The van der Waals surface area contributed by atoms with Gasteiger partial charge in [-0.1, -0.05) is 48.5 Å². The molecule has 0 fully saturated rings. The first-order valence-electron chi connectivity index (χ1n) is 9.17. The van der Waals surface area contributed by atoms with Crippen molar-refractivity contribution in [2.24, 2.45) is 0 Å². The third-order valence-electron chi connectivity index (χ3n) is 4.94. The number of nitrogens with zero attached hydrogens (tertiary/aromatic N) is 1. The van der Waals surface area contributed by atoms with Crippen molar-refractivity contribution < 1.29 is 19.4 Å². The molecule has 0 saturated heterocycles. The van der Waals surface area contributed by atoms with E-state index in [1.165, 1.54) is 0 Å². The Kier molecular flexibility index (Phi) is 4.87. The fourth-order valence-electron chi connectivity index (χ4n) is 3.57. The lowest BCUT2D eigenvalue weighted by molar-refractivity contribution is 0.0694. The Hall–Kier alpha value is -3.86. The summed E-state index contributed by atoms with van der Waals surface area (Å²) >= 11 is 0. The molecule has 4 rings (SSSR count). The lowest BCUT2D eigenvalue weighted by Gasteiger charge is -2.11. The molecule has 1 aromatic heterocycles. The van der Waals surface area contributed by atoms with E-state index >= 15 is 0 Å². The van der Waals surface area contributed by atoms with Crippen LogP contribution in [0.4, 0.5) is 0 Å². The number of hydrogen-bond acceptors (Lipinski definition) is 3. The number of aromatic nitrogens is 1. The Morgan fingerprint density at radius 3 is 2.21 bits per heavy atom. The first-order valence-corrected chi connectivity index (χ1v) is 9.17. The van der Waals surface area contributed by atoms with Crippen molar-refractivity contribution >= 4 is 22.7 Å². The van der Waals surface area contributed by atoms with Gasteiger partial charge in [-0.15, -0.1) is 0 Å². The van der Waals surface area contributed by atoms with E-state index in [0.29, 0.717) is 28.8 Å². The molecule has 5 heteroatoms. The second-order valence-corrected chi connectivity index (χ2v) is 6.68. The summed E-state index contributed by atoms with van der Waals surface area (Å²) in [7, 11) is 1.55. The van der Waals surface area contributed by atoms with Gasteiger partial charge in [0.25, 0.3) is 0 Å². The van der Waals surface area contributed by atoms with Crippen molar-refractivity contribution in [1.82, 2.24) is 4.57 Å². The summed E-state index contributed by atoms with van der Waals surface area (Å²) in [6.07, 6.45) is 0. The molecule has 1 N–H and O–H groups in total. The SMILES string of the molecule is COc1ccc(C(=O)c2c(C(=O)O)c3ccccc3n2Cc2ccccc2)cc1. The summed E-state index contributed by atoms with van der Waals surface area (Å²) < 4.78 is 6.95. The summed E-state index contributed by atoms with van der Waals surface area (Å²) in [6.45, 7) is 0.395. The topological polar surface area (TPSA) is 68.5 Å². The lowest BCUT2D eigenvalue weighted by Crippen LogP contribution is -2.15. The van der Waals surface area contributed by atoms with E-state index in [-0.39, 0.29) is 17.0 Å². The van der Waals surface area contributed by atoms with E-state index in [0.717, 1.165) is 5.56 Å². The van der Waals surface area contributed by atoms with Crippen LogP contribution < -0.4 is 4.74 Å². The van der Waals surface area contributed by atoms with Crippen LogP contribution in [0.1, 0.15) is 32.0 Å². The van der Waals surface area contributed by atoms with E-state index in [1.54, 1.807) is 48.1 Å². The van der Waals surface area contributed by atoms with Gasteiger partial charge in [0.05, 0.1) is 12.7 Å². The average Bonchev–Trinajstić information content (AvgIpc) is 3.08. The maximum absolute atomic E-state index is 13.4. The molecule has 144 valence electrons. The van der Waals surface area contributed by atoms with Gasteiger partial charge in [-0.3, -0.25) is 4.79 Å². The molecule has 0 aliphatic heterocycles. The van der Waals surface area contributed by atoms with Crippen molar-refractivity contribution in [1.29, 1.82) is 0 Å². The van der Waals surface area contributed by atoms with Gasteiger partial charge in [-0.05, 0) is 35.9 Å². The van der Waals surface area contributed by atoms with E-state index in [2.05, 4.69) is 0 Å². The van der Waals surface area contributed by atoms with Gasteiger partial charge in [0, 0.05) is 23.0 Å². The van der Waals surface area contributed by atoms with E-state index < -0.39 is 5.97 Å². The maximum atomic E-state index is 13.4. The number of carbonyl (C=O) groups is 2. The number of hydrogen-bond donors (Lipinski definition) is 1. The summed E-state index contributed by atoms with van der Waals surface area (Å²) in [5, 5.41) is 10.5. The second-order valence-electron chi connectivity index (χ2n) is 6.68. The summed E-state index contributed by atoms with van der Waals surface area (Å²) in [6, 6.07) is 23.6. The Labute approximate surface area is 167 Å². The molecule has 5 nitrogen and oxygen atoms in total. The van der Waals surface area contributed by atoms with Crippen molar-refractivity contribution in [2.45, 2.75) is 6.54 Å². The molecule has 0 unspecified atom stereocenters. The molecule has 1 heterocycles. The van der Waals surface area contributed by atoms with Gasteiger partial charge in [0.1, 0.15) is 11.4 Å². The molecule has 3 aromatic carbocycles. The molecule has 0 bridgehead atoms. The third-order valence-corrected chi connectivity index (χ3v) is 4.94. The molecule has 4 aromatic rings. The van der Waals surface area contributed by atoms with Gasteiger partial charge < -0.3 is 14.4 Å². The molecule has 0 saturated carbocycles. The van der Waals surface area contributed by atoms with Crippen LogP contribution in [0.5, 0.6) is 5.75 Å². The highest BCUT2D eigenvalue weighted by atomic mass is 16.5. The average molecular weight is 385 g/mol. The van der Waals surface area contributed by atoms with Crippen molar-refractivity contribution in [3.63, 3.8) is 0 Å². The van der Waals surface area contributed by atoms with Crippen LogP contribution in [-0.2, 0) is 6.54 Å². The first kappa shape index (κ1) is 18.5. The predicted molar refractivity (Wildman–Crippen MR) is 111 cm³/mol. The smallest absolute Gasteiger partial charge is 0.338 e. The number of rotatable bonds is 6. The van der Waals surface area contributed by atoms with Gasteiger partial charge in [0.2, 0.25) is 5.78 Å². The number of aromatic carboxylic acids is 1. The minimum absolute atomic E-state index is 0.0253. The van der Waals surface area contributed by atoms with Crippen molar-refractivity contribution in [2.75, 3.05) is 7.11 Å². The number of para-hydroxylation sites is 1. The highest BCUT2D eigenvalue weighted by Gasteiger charge is 2.27. The number of ketones is 1. The zero-order chi connectivity index (χ0) is 20.4. The van der Waals surface area contributed by atoms with E-state index in [1.807, 2.05) is 42.5 Å². The standard InChI is InChI=1S/C24H19NO4/c1-29-18-13-11-17(12-14-18)23(26)22-21(24(27)28)19-9-5-6-10-20(19)25(22)15-16-7-3-2-4-8-16/h2-14H,15H2,1H3,(H,27,28). The highest BCUT2D eigenvalue weighted by molar-refractivity contribution is 6.19. The third kappa shape index (κ3) is 3.38. The van der Waals surface area contributed by atoms with Crippen LogP contribution in [0.15, 0.2) is 78.9 Å². The molecule has 29 heavy (non-hydrogen) atoms. The fraction of sp³-hybridized carbons (Fsp3) is 0.0833. The summed E-state index contributed by atoms with van der Waals surface area (Å²) in [5.41, 5.74) is 2.30. The van der Waals surface area contributed by atoms with Crippen molar-refractivity contribution in [3.05, 3.63) is 101 Å². The Bertz CT molecular complexity index is 1190. The van der Waals surface area contributed by atoms with Crippen LogP contribution in [0, 0.1) is 0 Å². The zero-order valence-corrected chi connectivity index (χ0v) is 15.8. The number of carboxylic acid groups (broad SMARTS) is 1. The number of methoxy groups -OCH3 is 1. The number of benzene rings is 3. The molecule has 0 aliphatic rings. The molecular weight excluding hydrogens is 366 g/mol. The lowest BCUT2D eigenvalue weighted by atomic mass is 10.0. The molecule has 0 amide bonds. The molecular formula is C24H19NO4. The summed E-state index contributed by atoms with van der Waals surface area (Å²) in [4.78, 5) is 25.6. The minimum atomic E-state index is -1.12. The number of ether oxygens (including phenoxy) is 1. The predicted octanol–water partition coefficient (Wildman–Crippen LogP) is 4.63. The number of fused-ring (bicyclic) bond motifs is 1. The minimum Gasteiger partial charge on any atom is -0.497 e. The second kappa shape index (κ2) is 7.64. The molecule has 0 spiro atoms. The van der Waals surface area contributed by atoms with Gasteiger partial charge in [-0.25, -0.2) is 4.79 Å². The summed E-state index contributed by atoms with van der Waals surface area (Å²) in [5.74, 6) is -0.827. The normalized spacial score (nSPS) is 10.8. The van der Waals surface area contributed by atoms with Crippen LogP contribution in [0.3, 0.4) is 0 Å². The fourth-order valence-corrected chi connectivity index (χ4v) is 3.57. The maximum Gasteiger partial charge on any atom is 0.338 e. The highest BCUT2D eigenvalue weighted by Crippen LogP contribution is 2.29. The Morgan fingerprint density at radius 2 is 1.55 bits per heavy atom. The van der Waals surface area contributed by atoms with Gasteiger partial charge >= 0.3 is 5.97 Å². The van der Waals surface area contributed by atoms with E-state index in [4.69, 9.17) is 4.74 Å². The largest absolute Gasteiger partial charge is 0.497 e. The van der Waals surface area contributed by atoms with Gasteiger partial charge in [0.15, 0.2) is 0 Å². The van der Waals surface area contributed by atoms with E-state index in [9.17, 15) is 14.7 Å². The Morgan fingerprint density at radius 1 is 0.897 bits per heavy atom. The van der Waals surface area contributed by atoms with Gasteiger partial charge in [-0.2, -0.15) is 0 Å². The quantitative estimate of drug-likeness (QED) is 0.492. The van der Waals surface area contributed by atoms with Crippen LogP contribution >= 0.6 is 0 Å². The molecule has 0 aliphatic carbocycles. The first-order chi connectivity index (χ1) is 14.1. The van der Waals surface area contributed by atoms with Crippen LogP contribution in [0.2, 0.25) is 0 Å². The number of carbonyl (C=O) groups excluding carboxylic acids is 1. The monoisotopic (exact) mass is 385 g/mol. The Balaban J connectivity index is 1.94. The van der Waals surface area contributed by atoms with Crippen LogP contribution in [0.25, 0.3) is 10.9 Å². The van der Waals surface area contributed by atoms with Crippen molar-refractivity contribution in [3.8, 4) is 5.75 Å². The zero-order valence-electron chi connectivity index (χ0n) is 15.8. The molecule has 0 radical (unpaired) electrons. The molecule has 0 atom stereocenters. The number of carboxylic acids is 1.